The molecule has 1 aliphatic heterocycles. The maximum absolute atomic E-state index is 6.28. The van der Waals surface area contributed by atoms with Gasteiger partial charge in [0, 0.05) is 18.7 Å². The average Bonchev–Trinajstić information content (AvgIpc) is 2.74. The molecule has 1 heterocycles. The average molecular weight is 283 g/mol. The molecule has 21 heavy (non-hydrogen) atoms. The Hall–Kier alpha value is -2.00. The summed E-state index contributed by atoms with van der Waals surface area (Å²) >= 11 is 0. The van der Waals surface area contributed by atoms with Crippen molar-refractivity contribution in [2.45, 2.75) is 19.6 Å². The summed E-state index contributed by atoms with van der Waals surface area (Å²) in [6.07, 6.45) is 0.0312. The van der Waals surface area contributed by atoms with Crippen molar-refractivity contribution in [2.75, 3.05) is 20.2 Å². The lowest BCUT2D eigenvalue weighted by molar-refractivity contribution is 0.152. The topological polar surface area (TPSA) is 21.7 Å². The van der Waals surface area contributed by atoms with E-state index in [1.54, 1.807) is 7.11 Å². The van der Waals surface area contributed by atoms with Crippen molar-refractivity contribution in [1.82, 2.24) is 4.90 Å². The number of methoxy groups -OCH3 is 1. The fraction of sp³-hybridized carbons (Fsp3) is 0.333. The molecule has 0 saturated carbocycles. The molecule has 0 amide bonds. The molecule has 0 fully saturated rings. The molecule has 3 nitrogen and oxygen atoms in total. The van der Waals surface area contributed by atoms with Gasteiger partial charge in [0.15, 0.2) is 0 Å². The van der Waals surface area contributed by atoms with Crippen LogP contribution in [0.25, 0.3) is 0 Å². The molecule has 3 rings (SSSR count). The Morgan fingerprint density at radius 1 is 1.19 bits per heavy atom. The second kappa shape index (κ2) is 6.19. The SMILES string of the molecule is CCN1Cc2ccccc2OC(c2cccc(OC)c2)C1. The summed E-state index contributed by atoms with van der Waals surface area (Å²) in [6, 6.07) is 16.5. The molecular formula is C18H21NO2. The molecule has 0 aromatic heterocycles. The summed E-state index contributed by atoms with van der Waals surface area (Å²) in [5.41, 5.74) is 2.41. The van der Waals surface area contributed by atoms with Gasteiger partial charge < -0.3 is 9.47 Å². The summed E-state index contributed by atoms with van der Waals surface area (Å²) in [7, 11) is 1.70. The molecule has 3 heteroatoms. The Balaban J connectivity index is 1.94. The summed E-state index contributed by atoms with van der Waals surface area (Å²) in [6.45, 7) is 5.03. The van der Waals surface area contributed by atoms with Crippen molar-refractivity contribution in [3.63, 3.8) is 0 Å². The molecule has 2 aromatic carbocycles. The Kier molecular flexibility index (Phi) is 4.11. The predicted molar refractivity (Wildman–Crippen MR) is 83.8 cm³/mol. The third kappa shape index (κ3) is 3.03. The first-order valence-electron chi connectivity index (χ1n) is 7.41. The van der Waals surface area contributed by atoms with Crippen molar-refractivity contribution >= 4 is 0 Å². The molecule has 1 aliphatic rings. The van der Waals surface area contributed by atoms with E-state index in [-0.39, 0.29) is 6.10 Å². The van der Waals surface area contributed by atoms with Gasteiger partial charge in [-0.1, -0.05) is 37.3 Å². The van der Waals surface area contributed by atoms with Gasteiger partial charge in [0.2, 0.25) is 0 Å². The van der Waals surface area contributed by atoms with Crippen LogP contribution in [-0.2, 0) is 6.54 Å². The lowest BCUT2D eigenvalue weighted by Gasteiger charge is -2.23. The van der Waals surface area contributed by atoms with Gasteiger partial charge >= 0.3 is 0 Å². The van der Waals surface area contributed by atoms with Crippen LogP contribution in [0.15, 0.2) is 48.5 Å². The number of rotatable bonds is 3. The first-order valence-corrected chi connectivity index (χ1v) is 7.41. The highest BCUT2D eigenvalue weighted by atomic mass is 16.5. The zero-order valence-corrected chi connectivity index (χ0v) is 12.6. The van der Waals surface area contributed by atoms with E-state index in [2.05, 4.69) is 42.2 Å². The summed E-state index contributed by atoms with van der Waals surface area (Å²) in [5.74, 6) is 1.86. The van der Waals surface area contributed by atoms with Crippen LogP contribution in [0.3, 0.4) is 0 Å². The number of fused-ring (bicyclic) bond motifs is 1. The monoisotopic (exact) mass is 283 g/mol. The van der Waals surface area contributed by atoms with Crippen LogP contribution < -0.4 is 9.47 Å². The normalized spacial score (nSPS) is 18.5. The predicted octanol–water partition coefficient (Wildman–Crippen LogP) is 3.65. The van der Waals surface area contributed by atoms with Crippen molar-refractivity contribution in [3.05, 3.63) is 59.7 Å². The van der Waals surface area contributed by atoms with Gasteiger partial charge in [0.25, 0.3) is 0 Å². The second-order valence-electron chi connectivity index (χ2n) is 5.32. The number of para-hydroxylation sites is 1. The summed E-state index contributed by atoms with van der Waals surface area (Å²) < 4.78 is 11.6. The van der Waals surface area contributed by atoms with E-state index >= 15 is 0 Å². The largest absolute Gasteiger partial charge is 0.497 e. The molecule has 1 atom stereocenters. The van der Waals surface area contributed by atoms with Crippen molar-refractivity contribution in [1.29, 1.82) is 0 Å². The Morgan fingerprint density at radius 3 is 2.86 bits per heavy atom. The van der Waals surface area contributed by atoms with E-state index in [1.165, 1.54) is 5.56 Å². The van der Waals surface area contributed by atoms with E-state index in [1.807, 2.05) is 18.2 Å². The molecule has 0 saturated heterocycles. The summed E-state index contributed by atoms with van der Waals surface area (Å²) in [5, 5.41) is 0. The minimum atomic E-state index is 0.0312. The van der Waals surface area contributed by atoms with Crippen LogP contribution in [0.1, 0.15) is 24.2 Å². The second-order valence-corrected chi connectivity index (χ2v) is 5.32. The standard InChI is InChI=1S/C18H21NO2/c1-3-19-12-15-7-4-5-10-17(15)21-18(13-19)14-8-6-9-16(11-14)20-2/h4-11,18H,3,12-13H2,1-2H3. The number of hydrogen-bond acceptors (Lipinski definition) is 3. The van der Waals surface area contributed by atoms with E-state index in [9.17, 15) is 0 Å². The van der Waals surface area contributed by atoms with Gasteiger partial charge in [-0.15, -0.1) is 0 Å². The Morgan fingerprint density at radius 2 is 2.05 bits per heavy atom. The van der Waals surface area contributed by atoms with Crippen LogP contribution in [0.4, 0.5) is 0 Å². The highest BCUT2D eigenvalue weighted by Gasteiger charge is 2.23. The lowest BCUT2D eigenvalue weighted by Crippen LogP contribution is -2.27. The van der Waals surface area contributed by atoms with Gasteiger partial charge in [-0.2, -0.15) is 0 Å². The van der Waals surface area contributed by atoms with Crippen LogP contribution in [0.2, 0.25) is 0 Å². The van der Waals surface area contributed by atoms with Crippen molar-refractivity contribution in [3.8, 4) is 11.5 Å². The zero-order valence-electron chi connectivity index (χ0n) is 12.6. The van der Waals surface area contributed by atoms with Gasteiger partial charge in [-0.3, -0.25) is 4.90 Å². The van der Waals surface area contributed by atoms with E-state index in [0.717, 1.165) is 36.7 Å². The molecule has 2 aromatic rings. The number of nitrogens with zero attached hydrogens (tertiary/aromatic N) is 1. The Labute approximate surface area is 126 Å². The molecule has 0 radical (unpaired) electrons. The molecule has 0 aliphatic carbocycles. The van der Waals surface area contributed by atoms with Crippen molar-refractivity contribution in [2.24, 2.45) is 0 Å². The van der Waals surface area contributed by atoms with Crippen molar-refractivity contribution < 1.29 is 9.47 Å². The highest BCUT2D eigenvalue weighted by molar-refractivity contribution is 5.36. The number of likely N-dealkylation sites (N-methyl/N-ethyl adjacent to an activating group) is 1. The minimum Gasteiger partial charge on any atom is -0.497 e. The zero-order chi connectivity index (χ0) is 14.7. The fourth-order valence-electron chi connectivity index (χ4n) is 2.74. The van der Waals surface area contributed by atoms with Crippen LogP contribution in [0.5, 0.6) is 11.5 Å². The number of hydrogen-bond donors (Lipinski definition) is 0. The summed E-state index contributed by atoms with van der Waals surface area (Å²) in [4.78, 5) is 2.41. The molecule has 1 unspecified atom stereocenters. The molecule has 0 N–H and O–H groups in total. The lowest BCUT2D eigenvalue weighted by atomic mass is 10.1. The quantitative estimate of drug-likeness (QED) is 0.858. The third-order valence-corrected chi connectivity index (χ3v) is 3.97. The molecule has 0 bridgehead atoms. The third-order valence-electron chi connectivity index (χ3n) is 3.97. The number of ether oxygens (including phenoxy) is 2. The first-order chi connectivity index (χ1) is 10.3. The van der Waals surface area contributed by atoms with Gasteiger partial charge in [-0.25, -0.2) is 0 Å². The first kappa shape index (κ1) is 14.0. The van der Waals surface area contributed by atoms with E-state index in [4.69, 9.17) is 9.47 Å². The fourth-order valence-corrected chi connectivity index (χ4v) is 2.74. The maximum Gasteiger partial charge on any atom is 0.136 e. The number of benzene rings is 2. The van der Waals surface area contributed by atoms with Crippen LogP contribution in [-0.4, -0.2) is 25.1 Å². The van der Waals surface area contributed by atoms with Crippen LogP contribution >= 0.6 is 0 Å². The van der Waals surface area contributed by atoms with E-state index in [0.29, 0.717) is 0 Å². The smallest absolute Gasteiger partial charge is 0.136 e. The highest BCUT2D eigenvalue weighted by Crippen LogP contribution is 2.31. The van der Waals surface area contributed by atoms with Gasteiger partial charge in [0.05, 0.1) is 7.11 Å². The Bertz CT molecular complexity index is 612. The van der Waals surface area contributed by atoms with Gasteiger partial charge in [0.1, 0.15) is 17.6 Å². The minimum absolute atomic E-state index is 0.0312. The maximum atomic E-state index is 6.28. The van der Waals surface area contributed by atoms with Crippen LogP contribution in [0, 0.1) is 0 Å². The molecular weight excluding hydrogens is 262 g/mol. The van der Waals surface area contributed by atoms with Gasteiger partial charge in [-0.05, 0) is 30.3 Å². The van der Waals surface area contributed by atoms with E-state index < -0.39 is 0 Å². The molecule has 0 spiro atoms. The molecule has 110 valence electrons.